The first-order chi connectivity index (χ1) is 9.93. The van der Waals surface area contributed by atoms with Gasteiger partial charge in [0.1, 0.15) is 6.10 Å². The molecule has 0 bridgehead atoms. The molecule has 0 aliphatic carbocycles. The van der Waals surface area contributed by atoms with E-state index in [0.717, 1.165) is 36.2 Å². The molecule has 1 rings (SSSR count). The molecular formula is C13H26O5S2. The Hall–Kier alpha value is 0.500. The zero-order valence-electron chi connectivity index (χ0n) is 12.0. The van der Waals surface area contributed by atoms with Gasteiger partial charge in [-0.1, -0.05) is 0 Å². The van der Waals surface area contributed by atoms with Crippen LogP contribution in [0, 0.1) is 0 Å². The number of rotatable bonds is 1. The van der Waals surface area contributed by atoms with Gasteiger partial charge >= 0.3 is 0 Å². The summed E-state index contributed by atoms with van der Waals surface area (Å²) in [5, 5.41) is 9.19. The molecule has 1 atom stereocenters. The molecule has 5 nitrogen and oxygen atoms in total. The average Bonchev–Trinajstić information content (AvgIpc) is 2.47. The highest BCUT2D eigenvalue weighted by atomic mass is 32.2. The van der Waals surface area contributed by atoms with E-state index in [0.29, 0.717) is 33.0 Å². The van der Waals surface area contributed by atoms with Crippen LogP contribution in [0.15, 0.2) is 0 Å². The molecule has 7 heteroatoms. The lowest BCUT2D eigenvalue weighted by atomic mass is 10.4. The topological polar surface area (TPSA) is 57.2 Å². The number of hydrogen-bond donors (Lipinski definition) is 1. The Kier molecular flexibility index (Phi) is 13.4. The molecule has 0 saturated carbocycles. The zero-order valence-corrected chi connectivity index (χ0v) is 13.6. The van der Waals surface area contributed by atoms with E-state index in [4.69, 9.17) is 18.9 Å². The molecule has 1 aliphatic heterocycles. The lowest BCUT2D eigenvalue weighted by Gasteiger charge is -2.15. The fourth-order valence-corrected chi connectivity index (χ4v) is 2.85. The number of hydrogen-bond acceptors (Lipinski definition) is 7. The summed E-state index contributed by atoms with van der Waals surface area (Å²) >= 11 is 3.60. The van der Waals surface area contributed by atoms with Crippen LogP contribution in [0.25, 0.3) is 0 Å². The van der Waals surface area contributed by atoms with Gasteiger partial charge in [-0.15, -0.1) is 0 Å². The van der Waals surface area contributed by atoms with Crippen molar-refractivity contribution in [1.29, 1.82) is 0 Å². The fraction of sp³-hybridized carbons (Fsp3) is 1.00. The molecule has 120 valence electrons. The molecule has 1 fully saturated rings. The molecule has 1 N–H and O–H groups in total. The summed E-state index contributed by atoms with van der Waals surface area (Å²) in [6.45, 7) is 4.62. The molecule has 20 heavy (non-hydrogen) atoms. The predicted octanol–water partition coefficient (Wildman–Crippen LogP) is 0.894. The van der Waals surface area contributed by atoms with E-state index in [-0.39, 0.29) is 12.7 Å². The van der Waals surface area contributed by atoms with Crippen molar-refractivity contribution in [2.75, 3.05) is 75.9 Å². The summed E-state index contributed by atoms with van der Waals surface area (Å²) in [7, 11) is 0. The summed E-state index contributed by atoms with van der Waals surface area (Å²) < 4.78 is 22.0. The van der Waals surface area contributed by atoms with Crippen molar-refractivity contribution >= 4 is 23.5 Å². The first-order valence-corrected chi connectivity index (χ1v) is 9.35. The third-order valence-electron chi connectivity index (χ3n) is 2.58. The fourth-order valence-electron chi connectivity index (χ4n) is 1.52. The number of thioether (sulfide) groups is 2. The molecule has 1 aliphatic rings. The van der Waals surface area contributed by atoms with E-state index < -0.39 is 0 Å². The maximum absolute atomic E-state index is 9.19. The maximum atomic E-state index is 9.19. The predicted molar refractivity (Wildman–Crippen MR) is 83.9 cm³/mol. The Labute approximate surface area is 130 Å². The summed E-state index contributed by atoms with van der Waals surface area (Å²) in [6.07, 6.45) is -0.209. The Morgan fingerprint density at radius 1 is 0.750 bits per heavy atom. The summed E-state index contributed by atoms with van der Waals surface area (Å²) in [5.74, 6) is 3.78. The summed E-state index contributed by atoms with van der Waals surface area (Å²) in [4.78, 5) is 0. The number of aliphatic hydroxyl groups excluding tert-OH is 1. The minimum absolute atomic E-state index is 0.00869. The highest BCUT2D eigenvalue weighted by molar-refractivity contribution is 7.99. The van der Waals surface area contributed by atoms with E-state index in [2.05, 4.69) is 0 Å². The molecule has 0 amide bonds. The third-order valence-corrected chi connectivity index (χ3v) is 4.40. The van der Waals surface area contributed by atoms with Gasteiger partial charge in [0.25, 0.3) is 0 Å². The maximum Gasteiger partial charge on any atom is 0.104 e. The standard InChI is InChI=1S/C13H26O5S2/c14-11-13-12-17-5-9-19-7-3-15-1-2-16-4-8-20-10-6-18-13/h13-14H,1-12H2. The first-order valence-electron chi connectivity index (χ1n) is 7.04. The van der Waals surface area contributed by atoms with E-state index >= 15 is 0 Å². The van der Waals surface area contributed by atoms with Crippen LogP contribution in [0.1, 0.15) is 0 Å². The molecule has 1 heterocycles. The van der Waals surface area contributed by atoms with Crippen molar-refractivity contribution in [1.82, 2.24) is 0 Å². The van der Waals surface area contributed by atoms with E-state index in [9.17, 15) is 5.11 Å². The van der Waals surface area contributed by atoms with Crippen LogP contribution in [-0.4, -0.2) is 87.1 Å². The molecule has 1 unspecified atom stereocenters. The van der Waals surface area contributed by atoms with E-state index in [1.54, 1.807) is 11.8 Å². The minimum Gasteiger partial charge on any atom is -0.394 e. The van der Waals surface area contributed by atoms with Crippen molar-refractivity contribution in [3.63, 3.8) is 0 Å². The number of ether oxygens (including phenoxy) is 4. The molecule has 1 saturated heterocycles. The first kappa shape index (κ1) is 18.5. The van der Waals surface area contributed by atoms with Crippen LogP contribution >= 0.6 is 23.5 Å². The Balaban J connectivity index is 2.14. The van der Waals surface area contributed by atoms with E-state index in [1.165, 1.54) is 0 Å². The molecule has 0 aromatic heterocycles. The molecule has 0 spiro atoms. The quantitative estimate of drug-likeness (QED) is 0.768. The molecule has 0 radical (unpaired) electrons. The smallest absolute Gasteiger partial charge is 0.104 e. The Morgan fingerprint density at radius 2 is 1.30 bits per heavy atom. The lowest BCUT2D eigenvalue weighted by molar-refractivity contribution is -0.0339. The van der Waals surface area contributed by atoms with E-state index in [1.807, 2.05) is 11.8 Å². The van der Waals surface area contributed by atoms with Crippen LogP contribution < -0.4 is 0 Å². The third kappa shape index (κ3) is 11.2. The van der Waals surface area contributed by atoms with Gasteiger partial charge < -0.3 is 24.1 Å². The van der Waals surface area contributed by atoms with Crippen molar-refractivity contribution in [2.24, 2.45) is 0 Å². The highest BCUT2D eigenvalue weighted by Gasteiger charge is 2.07. The van der Waals surface area contributed by atoms with Gasteiger partial charge in [-0.2, -0.15) is 23.5 Å². The number of aliphatic hydroxyl groups is 1. The van der Waals surface area contributed by atoms with Crippen molar-refractivity contribution in [3.8, 4) is 0 Å². The molecule has 0 aromatic carbocycles. The van der Waals surface area contributed by atoms with Gasteiger partial charge in [-0.25, -0.2) is 0 Å². The average molecular weight is 326 g/mol. The summed E-state index contributed by atoms with van der Waals surface area (Å²) in [6, 6.07) is 0. The van der Waals surface area contributed by atoms with Gasteiger partial charge in [0.05, 0.1) is 52.9 Å². The largest absolute Gasteiger partial charge is 0.394 e. The Bertz CT molecular complexity index is 191. The van der Waals surface area contributed by atoms with Crippen molar-refractivity contribution in [2.45, 2.75) is 6.10 Å². The monoisotopic (exact) mass is 326 g/mol. The van der Waals surface area contributed by atoms with Crippen molar-refractivity contribution in [3.05, 3.63) is 0 Å². The van der Waals surface area contributed by atoms with Gasteiger partial charge in [-0.3, -0.25) is 0 Å². The zero-order chi connectivity index (χ0) is 14.3. The van der Waals surface area contributed by atoms with Crippen LogP contribution in [0.4, 0.5) is 0 Å². The van der Waals surface area contributed by atoms with Crippen LogP contribution in [0.2, 0.25) is 0 Å². The Morgan fingerprint density at radius 3 is 1.90 bits per heavy atom. The molecule has 0 aromatic rings. The summed E-state index contributed by atoms with van der Waals surface area (Å²) in [5.41, 5.74) is 0. The highest BCUT2D eigenvalue weighted by Crippen LogP contribution is 2.03. The lowest BCUT2D eigenvalue weighted by Crippen LogP contribution is -2.25. The minimum atomic E-state index is -0.209. The second-order valence-corrected chi connectivity index (χ2v) is 6.65. The van der Waals surface area contributed by atoms with Gasteiger partial charge in [0.15, 0.2) is 0 Å². The van der Waals surface area contributed by atoms with Gasteiger partial charge in [0.2, 0.25) is 0 Å². The van der Waals surface area contributed by atoms with Crippen LogP contribution in [0.3, 0.4) is 0 Å². The second-order valence-electron chi connectivity index (χ2n) is 4.20. The van der Waals surface area contributed by atoms with Gasteiger partial charge in [0, 0.05) is 23.0 Å². The van der Waals surface area contributed by atoms with Gasteiger partial charge in [-0.05, 0) is 0 Å². The van der Waals surface area contributed by atoms with Crippen molar-refractivity contribution < 1.29 is 24.1 Å². The second kappa shape index (κ2) is 14.4. The van der Waals surface area contributed by atoms with Crippen LogP contribution in [0.5, 0.6) is 0 Å². The molecular weight excluding hydrogens is 300 g/mol. The SMILES string of the molecule is OCC1COCCSCCOCCOCCSCCO1. The normalized spacial score (nSPS) is 26.6. The van der Waals surface area contributed by atoms with Crippen LogP contribution in [-0.2, 0) is 18.9 Å².